The van der Waals surface area contributed by atoms with Crippen molar-refractivity contribution in [3.05, 3.63) is 59.7 Å². The largest absolute Gasteiger partial charge is 0.494 e. The number of nitrogens with zero attached hydrogens (tertiary/aromatic N) is 3. The van der Waals surface area contributed by atoms with Gasteiger partial charge in [0.05, 0.1) is 18.8 Å². The average molecular weight is 592 g/mol. The summed E-state index contributed by atoms with van der Waals surface area (Å²) in [7, 11) is 0. The number of benzene rings is 2. The first-order valence-corrected chi connectivity index (χ1v) is 16.9. The molecule has 0 unspecified atom stereocenters. The standard InChI is InChI=1S/C35H49N3O3S/c1-3-5-7-9-11-13-14-16-26-40-32-24-22-30(23-25-32)33-37-38-35(42-33)36-28-29-18-20-31(21-19-29)34(39)41-27-17-15-12-10-8-6-4-2/h18-25,28H,3-17,26-27H2,1-2H3/b36-28+. The first kappa shape index (κ1) is 33.4. The summed E-state index contributed by atoms with van der Waals surface area (Å²) in [5, 5.41) is 9.91. The van der Waals surface area contributed by atoms with Gasteiger partial charge in [-0.05, 0) is 54.8 Å². The molecule has 0 fully saturated rings. The van der Waals surface area contributed by atoms with Crippen molar-refractivity contribution in [1.29, 1.82) is 0 Å². The highest BCUT2D eigenvalue weighted by Gasteiger charge is 2.08. The normalized spacial score (nSPS) is 11.3. The van der Waals surface area contributed by atoms with Crippen molar-refractivity contribution in [1.82, 2.24) is 10.2 Å². The Balaban J connectivity index is 1.35. The molecule has 1 aromatic heterocycles. The molecule has 0 atom stereocenters. The number of carbonyl (C=O) groups excluding carboxylic acids is 1. The molecule has 0 spiro atoms. The quantitative estimate of drug-likeness (QED) is 0.0660. The van der Waals surface area contributed by atoms with Crippen molar-refractivity contribution in [2.24, 2.45) is 4.99 Å². The summed E-state index contributed by atoms with van der Waals surface area (Å²) in [6, 6.07) is 15.3. The van der Waals surface area contributed by atoms with E-state index in [0.29, 0.717) is 17.3 Å². The minimum Gasteiger partial charge on any atom is -0.494 e. The maximum Gasteiger partial charge on any atom is 0.338 e. The van der Waals surface area contributed by atoms with Crippen LogP contribution in [0.4, 0.5) is 5.13 Å². The van der Waals surface area contributed by atoms with Gasteiger partial charge in [-0.25, -0.2) is 9.79 Å². The fourth-order valence-electron chi connectivity index (χ4n) is 4.65. The third kappa shape index (κ3) is 13.3. The Morgan fingerprint density at radius 1 is 0.714 bits per heavy atom. The van der Waals surface area contributed by atoms with Gasteiger partial charge in [0.15, 0.2) is 0 Å². The third-order valence-corrected chi connectivity index (χ3v) is 8.11. The van der Waals surface area contributed by atoms with Gasteiger partial charge in [-0.15, -0.1) is 10.2 Å². The van der Waals surface area contributed by atoms with Gasteiger partial charge in [-0.3, -0.25) is 0 Å². The molecule has 1 heterocycles. The predicted molar refractivity (Wildman–Crippen MR) is 175 cm³/mol. The SMILES string of the molecule is CCCCCCCCCCOc1ccc(-c2nnc(/N=C/c3ccc(C(=O)OCCCCCCCCC)cc3)s2)cc1. The molecule has 0 N–H and O–H groups in total. The Morgan fingerprint density at radius 2 is 1.29 bits per heavy atom. The van der Waals surface area contributed by atoms with Crippen molar-refractivity contribution in [3.8, 4) is 16.3 Å². The zero-order valence-corrected chi connectivity index (χ0v) is 26.5. The maximum atomic E-state index is 12.3. The first-order chi connectivity index (χ1) is 20.7. The molecule has 0 radical (unpaired) electrons. The van der Waals surface area contributed by atoms with Crippen LogP contribution < -0.4 is 4.74 Å². The van der Waals surface area contributed by atoms with Crippen LogP contribution in [-0.2, 0) is 4.74 Å². The number of esters is 1. The lowest BCUT2D eigenvalue weighted by molar-refractivity contribution is 0.0497. The summed E-state index contributed by atoms with van der Waals surface area (Å²) in [6.07, 6.45) is 20.5. The van der Waals surface area contributed by atoms with E-state index in [4.69, 9.17) is 9.47 Å². The molecular formula is C35H49N3O3S. The Labute approximate surface area is 257 Å². The van der Waals surface area contributed by atoms with E-state index in [1.807, 2.05) is 36.4 Å². The van der Waals surface area contributed by atoms with Crippen LogP contribution in [0.15, 0.2) is 53.5 Å². The molecule has 228 valence electrons. The monoisotopic (exact) mass is 591 g/mol. The Morgan fingerprint density at radius 3 is 1.90 bits per heavy atom. The number of hydrogen-bond donors (Lipinski definition) is 0. The van der Waals surface area contributed by atoms with Crippen LogP contribution in [0.25, 0.3) is 10.6 Å². The van der Waals surface area contributed by atoms with E-state index in [0.717, 1.165) is 47.8 Å². The van der Waals surface area contributed by atoms with E-state index in [2.05, 4.69) is 29.0 Å². The smallest absolute Gasteiger partial charge is 0.338 e. The molecule has 0 saturated carbocycles. The number of ether oxygens (including phenoxy) is 2. The van der Waals surface area contributed by atoms with Crippen molar-refractivity contribution in [3.63, 3.8) is 0 Å². The molecule has 0 aliphatic carbocycles. The molecule has 3 rings (SSSR count). The molecule has 0 bridgehead atoms. The lowest BCUT2D eigenvalue weighted by Crippen LogP contribution is -2.06. The van der Waals surface area contributed by atoms with Crippen LogP contribution in [-0.4, -0.2) is 35.6 Å². The summed E-state index contributed by atoms with van der Waals surface area (Å²) in [4.78, 5) is 16.8. The number of aromatic nitrogens is 2. The number of rotatable bonds is 22. The van der Waals surface area contributed by atoms with Gasteiger partial charge in [0.25, 0.3) is 0 Å². The van der Waals surface area contributed by atoms with Crippen LogP contribution in [0, 0.1) is 0 Å². The summed E-state index contributed by atoms with van der Waals surface area (Å²) in [5.74, 6) is 0.609. The highest BCUT2D eigenvalue weighted by Crippen LogP contribution is 2.29. The number of carbonyl (C=O) groups is 1. The molecular weight excluding hydrogens is 542 g/mol. The molecule has 0 saturated heterocycles. The van der Waals surface area contributed by atoms with Crippen molar-refractivity contribution >= 4 is 28.7 Å². The minimum absolute atomic E-state index is 0.275. The van der Waals surface area contributed by atoms with Crippen LogP contribution in [0.1, 0.15) is 126 Å². The molecule has 0 amide bonds. The second-order valence-electron chi connectivity index (χ2n) is 10.9. The van der Waals surface area contributed by atoms with Gasteiger partial charge < -0.3 is 9.47 Å². The van der Waals surface area contributed by atoms with Gasteiger partial charge in [-0.1, -0.05) is 121 Å². The van der Waals surface area contributed by atoms with Gasteiger partial charge in [0.1, 0.15) is 10.8 Å². The molecule has 7 heteroatoms. The minimum atomic E-state index is -0.275. The van der Waals surface area contributed by atoms with Gasteiger partial charge in [0, 0.05) is 11.8 Å². The summed E-state index contributed by atoms with van der Waals surface area (Å²) in [5.41, 5.74) is 2.43. The van der Waals surface area contributed by atoms with E-state index in [9.17, 15) is 4.79 Å². The van der Waals surface area contributed by atoms with E-state index in [-0.39, 0.29) is 5.97 Å². The highest BCUT2D eigenvalue weighted by atomic mass is 32.1. The van der Waals surface area contributed by atoms with Crippen LogP contribution in [0.2, 0.25) is 0 Å². The van der Waals surface area contributed by atoms with Gasteiger partial charge >= 0.3 is 5.97 Å². The van der Waals surface area contributed by atoms with E-state index in [1.54, 1.807) is 18.3 Å². The van der Waals surface area contributed by atoms with Gasteiger partial charge in [0.2, 0.25) is 5.13 Å². The van der Waals surface area contributed by atoms with E-state index >= 15 is 0 Å². The van der Waals surface area contributed by atoms with Crippen LogP contribution >= 0.6 is 11.3 Å². The summed E-state index contributed by atoms with van der Waals surface area (Å²) >= 11 is 1.44. The molecule has 42 heavy (non-hydrogen) atoms. The Hall–Kier alpha value is -3.06. The Bertz CT molecular complexity index is 1160. The average Bonchev–Trinajstić information content (AvgIpc) is 3.50. The second kappa shape index (κ2) is 20.8. The topological polar surface area (TPSA) is 73.7 Å². The van der Waals surface area contributed by atoms with E-state index < -0.39 is 0 Å². The molecule has 0 aliphatic heterocycles. The van der Waals surface area contributed by atoms with Crippen LogP contribution in [0.3, 0.4) is 0 Å². The summed E-state index contributed by atoms with van der Waals surface area (Å²) in [6.45, 7) is 5.71. The predicted octanol–water partition coefficient (Wildman–Crippen LogP) is 10.4. The highest BCUT2D eigenvalue weighted by molar-refractivity contribution is 7.18. The van der Waals surface area contributed by atoms with Crippen LogP contribution in [0.5, 0.6) is 5.75 Å². The lowest BCUT2D eigenvalue weighted by atomic mass is 10.1. The molecule has 3 aromatic rings. The number of aliphatic imine (C=N–C) groups is 1. The zero-order valence-electron chi connectivity index (χ0n) is 25.7. The Kier molecular flexibility index (Phi) is 16.5. The fraction of sp³-hybridized carbons (Fsp3) is 0.543. The van der Waals surface area contributed by atoms with Crippen molar-refractivity contribution < 1.29 is 14.3 Å². The number of hydrogen-bond acceptors (Lipinski definition) is 7. The first-order valence-electron chi connectivity index (χ1n) is 16.1. The molecule has 0 aliphatic rings. The van der Waals surface area contributed by atoms with Crippen molar-refractivity contribution in [2.75, 3.05) is 13.2 Å². The zero-order chi connectivity index (χ0) is 29.7. The van der Waals surface area contributed by atoms with Crippen molar-refractivity contribution in [2.45, 2.75) is 110 Å². The van der Waals surface area contributed by atoms with Gasteiger partial charge in [-0.2, -0.15) is 0 Å². The maximum absolute atomic E-state index is 12.3. The molecule has 2 aromatic carbocycles. The fourth-order valence-corrected chi connectivity index (χ4v) is 5.34. The van der Waals surface area contributed by atoms with E-state index in [1.165, 1.54) is 88.4 Å². The second-order valence-corrected chi connectivity index (χ2v) is 11.8. The lowest BCUT2D eigenvalue weighted by Gasteiger charge is -2.06. The molecule has 6 nitrogen and oxygen atoms in total. The third-order valence-electron chi connectivity index (χ3n) is 7.23. The number of unbranched alkanes of at least 4 members (excludes halogenated alkanes) is 13. The summed E-state index contributed by atoms with van der Waals surface area (Å²) < 4.78 is 11.3.